The first-order chi connectivity index (χ1) is 7.33. The Hall–Kier alpha value is -0.570. The standard InChI is InChI=1S/C12H20N2O/c15-12(4-9-2-1-3-9)14-7-10-5-13-6-11(10)8-14/h9-11,13H,1-8H2/t10-,11+. The first-order valence-corrected chi connectivity index (χ1v) is 6.31. The van der Waals surface area contributed by atoms with Crippen LogP contribution in [0.5, 0.6) is 0 Å². The van der Waals surface area contributed by atoms with Crippen molar-refractivity contribution in [3.8, 4) is 0 Å². The van der Waals surface area contributed by atoms with Crippen molar-refractivity contribution < 1.29 is 4.79 Å². The highest BCUT2D eigenvalue weighted by Crippen LogP contribution is 2.32. The fraction of sp³-hybridized carbons (Fsp3) is 0.917. The quantitative estimate of drug-likeness (QED) is 0.730. The smallest absolute Gasteiger partial charge is 0.222 e. The van der Waals surface area contributed by atoms with Crippen LogP contribution in [0.2, 0.25) is 0 Å². The molecular formula is C12H20N2O. The fourth-order valence-corrected chi connectivity index (χ4v) is 3.13. The number of rotatable bonds is 2. The third kappa shape index (κ3) is 1.78. The predicted molar refractivity (Wildman–Crippen MR) is 58.4 cm³/mol. The van der Waals surface area contributed by atoms with E-state index in [4.69, 9.17) is 0 Å². The summed E-state index contributed by atoms with van der Waals surface area (Å²) in [5.74, 6) is 2.64. The van der Waals surface area contributed by atoms with Gasteiger partial charge in [-0.05, 0) is 30.6 Å². The largest absolute Gasteiger partial charge is 0.342 e. The molecule has 0 aromatic rings. The van der Waals surface area contributed by atoms with Crippen molar-refractivity contribution in [2.24, 2.45) is 17.8 Å². The number of hydrogen-bond donors (Lipinski definition) is 1. The van der Waals surface area contributed by atoms with Crippen molar-refractivity contribution in [2.75, 3.05) is 26.2 Å². The van der Waals surface area contributed by atoms with Crippen molar-refractivity contribution in [1.29, 1.82) is 0 Å². The Balaban J connectivity index is 1.52. The van der Waals surface area contributed by atoms with Crippen molar-refractivity contribution >= 4 is 5.91 Å². The molecule has 1 aliphatic carbocycles. The van der Waals surface area contributed by atoms with Crippen LogP contribution in [0.15, 0.2) is 0 Å². The molecule has 0 bridgehead atoms. The SMILES string of the molecule is O=C(CC1CCC1)N1C[C@H]2CNC[C@H]2C1. The minimum Gasteiger partial charge on any atom is -0.342 e. The minimum absolute atomic E-state index is 0.425. The molecule has 0 radical (unpaired) electrons. The lowest BCUT2D eigenvalue weighted by Gasteiger charge is -2.27. The summed E-state index contributed by atoms with van der Waals surface area (Å²) in [7, 11) is 0. The van der Waals surface area contributed by atoms with Gasteiger partial charge in [-0.25, -0.2) is 0 Å². The molecular weight excluding hydrogens is 188 g/mol. The summed E-state index contributed by atoms with van der Waals surface area (Å²) in [5.41, 5.74) is 0. The molecule has 0 spiro atoms. The molecule has 1 N–H and O–H groups in total. The summed E-state index contributed by atoms with van der Waals surface area (Å²) >= 11 is 0. The molecule has 3 fully saturated rings. The van der Waals surface area contributed by atoms with Gasteiger partial charge < -0.3 is 10.2 Å². The third-order valence-corrected chi connectivity index (χ3v) is 4.43. The van der Waals surface area contributed by atoms with Gasteiger partial charge in [0.05, 0.1) is 0 Å². The molecule has 1 amide bonds. The van der Waals surface area contributed by atoms with Crippen molar-refractivity contribution in [1.82, 2.24) is 10.2 Å². The van der Waals surface area contributed by atoms with Gasteiger partial charge in [-0.15, -0.1) is 0 Å². The summed E-state index contributed by atoms with van der Waals surface area (Å²) in [6.45, 7) is 4.28. The van der Waals surface area contributed by atoms with Gasteiger partial charge in [0, 0.05) is 32.6 Å². The fourth-order valence-electron chi connectivity index (χ4n) is 3.13. The van der Waals surface area contributed by atoms with Crippen LogP contribution in [0.25, 0.3) is 0 Å². The molecule has 15 heavy (non-hydrogen) atoms. The molecule has 0 unspecified atom stereocenters. The Morgan fingerprint density at radius 1 is 1.20 bits per heavy atom. The summed E-state index contributed by atoms with van der Waals surface area (Å²) in [6, 6.07) is 0. The van der Waals surface area contributed by atoms with Gasteiger partial charge in [0.25, 0.3) is 0 Å². The molecule has 3 rings (SSSR count). The normalized spacial score (nSPS) is 35.3. The van der Waals surface area contributed by atoms with E-state index in [1.54, 1.807) is 0 Å². The van der Waals surface area contributed by atoms with E-state index in [1.807, 2.05) is 0 Å². The van der Waals surface area contributed by atoms with Gasteiger partial charge in [0.1, 0.15) is 0 Å². The number of carbonyl (C=O) groups excluding carboxylic acids is 1. The molecule has 84 valence electrons. The average Bonchev–Trinajstić information content (AvgIpc) is 2.69. The van der Waals surface area contributed by atoms with E-state index in [0.717, 1.165) is 50.4 Å². The van der Waals surface area contributed by atoms with Crippen LogP contribution < -0.4 is 5.32 Å². The van der Waals surface area contributed by atoms with Gasteiger partial charge in [0.15, 0.2) is 0 Å². The van der Waals surface area contributed by atoms with E-state index >= 15 is 0 Å². The number of amides is 1. The summed E-state index contributed by atoms with van der Waals surface area (Å²) < 4.78 is 0. The van der Waals surface area contributed by atoms with Crippen LogP contribution in [0, 0.1) is 17.8 Å². The summed E-state index contributed by atoms with van der Waals surface area (Å²) in [6.07, 6.45) is 4.74. The van der Waals surface area contributed by atoms with E-state index in [0.29, 0.717) is 5.91 Å². The van der Waals surface area contributed by atoms with Crippen LogP contribution in [0.1, 0.15) is 25.7 Å². The zero-order valence-electron chi connectivity index (χ0n) is 9.24. The van der Waals surface area contributed by atoms with Crippen LogP contribution in [0.4, 0.5) is 0 Å². The molecule has 0 aromatic heterocycles. The monoisotopic (exact) mass is 208 g/mol. The predicted octanol–water partition coefficient (Wildman–Crippen LogP) is 0.854. The third-order valence-electron chi connectivity index (χ3n) is 4.43. The molecule has 2 heterocycles. The maximum absolute atomic E-state index is 12.0. The van der Waals surface area contributed by atoms with E-state index in [1.165, 1.54) is 19.3 Å². The van der Waals surface area contributed by atoms with Crippen molar-refractivity contribution in [3.63, 3.8) is 0 Å². The Kier molecular flexibility index (Phi) is 2.43. The molecule has 3 heteroatoms. The zero-order chi connectivity index (χ0) is 10.3. The molecule has 3 nitrogen and oxygen atoms in total. The van der Waals surface area contributed by atoms with E-state index < -0.39 is 0 Å². The number of likely N-dealkylation sites (tertiary alicyclic amines) is 1. The maximum atomic E-state index is 12.0. The first-order valence-electron chi connectivity index (χ1n) is 6.31. The van der Waals surface area contributed by atoms with Crippen LogP contribution in [0.3, 0.4) is 0 Å². The van der Waals surface area contributed by atoms with E-state index in [9.17, 15) is 4.79 Å². The van der Waals surface area contributed by atoms with Crippen LogP contribution in [-0.2, 0) is 4.79 Å². The molecule has 2 aliphatic heterocycles. The van der Waals surface area contributed by atoms with Crippen molar-refractivity contribution in [2.45, 2.75) is 25.7 Å². The summed E-state index contributed by atoms with van der Waals surface area (Å²) in [5, 5.41) is 3.41. The molecule has 2 saturated heterocycles. The van der Waals surface area contributed by atoms with Gasteiger partial charge in [-0.1, -0.05) is 6.42 Å². The van der Waals surface area contributed by atoms with Crippen LogP contribution in [-0.4, -0.2) is 37.0 Å². The highest BCUT2D eigenvalue weighted by molar-refractivity contribution is 5.76. The second-order valence-corrected chi connectivity index (χ2v) is 5.48. The Labute approximate surface area is 91.2 Å². The molecule has 2 atom stereocenters. The molecule has 3 aliphatic rings. The van der Waals surface area contributed by atoms with Gasteiger partial charge >= 0.3 is 0 Å². The van der Waals surface area contributed by atoms with Crippen LogP contribution >= 0.6 is 0 Å². The number of carbonyl (C=O) groups is 1. The van der Waals surface area contributed by atoms with Gasteiger partial charge in [-0.2, -0.15) is 0 Å². The number of nitrogens with one attached hydrogen (secondary N) is 1. The Morgan fingerprint density at radius 3 is 2.40 bits per heavy atom. The minimum atomic E-state index is 0.425. The first kappa shape index (κ1) is 9.64. The number of hydrogen-bond acceptors (Lipinski definition) is 2. The number of nitrogens with zero attached hydrogens (tertiary/aromatic N) is 1. The maximum Gasteiger partial charge on any atom is 0.222 e. The summed E-state index contributed by atoms with van der Waals surface area (Å²) in [4.78, 5) is 14.1. The second kappa shape index (κ2) is 3.78. The lowest BCUT2D eigenvalue weighted by atomic mass is 9.83. The lowest BCUT2D eigenvalue weighted by Crippen LogP contribution is -2.33. The van der Waals surface area contributed by atoms with Crippen molar-refractivity contribution in [3.05, 3.63) is 0 Å². The zero-order valence-corrected chi connectivity index (χ0v) is 9.24. The van der Waals surface area contributed by atoms with Gasteiger partial charge in [-0.3, -0.25) is 4.79 Å². The topological polar surface area (TPSA) is 32.3 Å². The molecule has 0 aromatic carbocycles. The van der Waals surface area contributed by atoms with Gasteiger partial charge in [0.2, 0.25) is 5.91 Å². The molecule has 1 saturated carbocycles. The van der Waals surface area contributed by atoms with E-state index in [-0.39, 0.29) is 0 Å². The second-order valence-electron chi connectivity index (χ2n) is 5.48. The lowest BCUT2D eigenvalue weighted by molar-refractivity contribution is -0.132. The number of fused-ring (bicyclic) bond motifs is 1. The highest BCUT2D eigenvalue weighted by atomic mass is 16.2. The van der Waals surface area contributed by atoms with E-state index in [2.05, 4.69) is 10.2 Å². The Morgan fingerprint density at radius 2 is 1.87 bits per heavy atom. The Bertz CT molecular complexity index is 250. The average molecular weight is 208 g/mol. The highest BCUT2D eigenvalue weighted by Gasteiger charge is 2.38.